The first-order valence-electron chi connectivity index (χ1n) is 11.0. The van der Waals surface area contributed by atoms with Crippen molar-refractivity contribution in [3.8, 4) is 11.5 Å². The molecule has 6 heteroatoms. The average Bonchev–Trinajstić information content (AvgIpc) is 3.39. The summed E-state index contributed by atoms with van der Waals surface area (Å²) in [6, 6.07) is 13.8. The van der Waals surface area contributed by atoms with Gasteiger partial charge in [-0.2, -0.15) is 5.10 Å². The minimum absolute atomic E-state index is 0.0394. The molecule has 2 aromatic rings. The Kier molecular flexibility index (Phi) is 6.65. The lowest BCUT2D eigenvalue weighted by molar-refractivity contribution is -0.123. The van der Waals surface area contributed by atoms with Gasteiger partial charge >= 0.3 is 0 Å². The number of carbonyl (C=O) groups is 1. The van der Waals surface area contributed by atoms with Gasteiger partial charge in [0.05, 0.1) is 17.3 Å². The first kappa shape index (κ1) is 21.9. The highest BCUT2D eigenvalue weighted by Gasteiger charge is 2.64. The van der Waals surface area contributed by atoms with E-state index in [-0.39, 0.29) is 17.2 Å². The van der Waals surface area contributed by atoms with Gasteiger partial charge in [0.1, 0.15) is 6.61 Å². The lowest BCUT2D eigenvalue weighted by atomic mass is 9.90. The summed E-state index contributed by atoms with van der Waals surface area (Å²) in [5, 5.41) is 4.22. The van der Waals surface area contributed by atoms with Crippen LogP contribution < -0.4 is 14.9 Å². The zero-order valence-electron chi connectivity index (χ0n) is 18.1. The number of rotatable bonds is 8. The number of hydrogen-bond acceptors (Lipinski definition) is 4. The molecule has 1 N–H and O–H groups in total. The number of hydrogen-bond donors (Lipinski definition) is 1. The SMILES string of the molecule is CCOc1cc(/C=N\NC(=O)[C@@H]2[C@H]3CCCC[C@]32C)cc(Br)c1OCc1ccccc1. The second kappa shape index (κ2) is 9.43. The first-order chi connectivity index (χ1) is 15.0. The quantitative estimate of drug-likeness (QED) is 0.385. The molecule has 164 valence electrons. The minimum Gasteiger partial charge on any atom is -0.490 e. The predicted octanol–water partition coefficient (Wildman–Crippen LogP) is 5.70. The van der Waals surface area contributed by atoms with Crippen LogP contribution >= 0.6 is 15.9 Å². The number of ether oxygens (including phenoxy) is 2. The topological polar surface area (TPSA) is 59.9 Å². The van der Waals surface area contributed by atoms with E-state index >= 15 is 0 Å². The number of fused-ring (bicyclic) bond motifs is 1. The van der Waals surface area contributed by atoms with Gasteiger partial charge in [-0.3, -0.25) is 4.79 Å². The fourth-order valence-electron chi connectivity index (χ4n) is 4.89. The normalized spacial score (nSPS) is 24.5. The Morgan fingerprint density at radius 2 is 2.06 bits per heavy atom. The molecule has 0 bridgehead atoms. The molecule has 2 saturated carbocycles. The second-order valence-electron chi connectivity index (χ2n) is 8.61. The van der Waals surface area contributed by atoms with Crippen LogP contribution in [-0.4, -0.2) is 18.7 Å². The average molecular weight is 485 g/mol. The van der Waals surface area contributed by atoms with Crippen molar-refractivity contribution < 1.29 is 14.3 Å². The van der Waals surface area contributed by atoms with E-state index in [1.165, 1.54) is 12.8 Å². The number of hydrazone groups is 1. The van der Waals surface area contributed by atoms with Gasteiger partial charge in [0, 0.05) is 5.92 Å². The summed E-state index contributed by atoms with van der Waals surface area (Å²) in [7, 11) is 0. The molecule has 0 spiro atoms. The molecule has 1 amide bonds. The summed E-state index contributed by atoms with van der Waals surface area (Å²) >= 11 is 3.59. The molecule has 0 radical (unpaired) electrons. The number of benzene rings is 2. The van der Waals surface area contributed by atoms with Crippen LogP contribution in [0.3, 0.4) is 0 Å². The van der Waals surface area contributed by atoms with E-state index in [1.807, 2.05) is 49.4 Å². The molecule has 0 heterocycles. The van der Waals surface area contributed by atoms with E-state index in [4.69, 9.17) is 9.47 Å². The molecular weight excluding hydrogens is 456 g/mol. The molecule has 3 atom stereocenters. The number of carbonyl (C=O) groups excluding carboxylic acids is 1. The van der Waals surface area contributed by atoms with Crippen molar-refractivity contribution in [1.29, 1.82) is 0 Å². The molecule has 0 aromatic heterocycles. The Morgan fingerprint density at radius 3 is 2.77 bits per heavy atom. The molecule has 5 nitrogen and oxygen atoms in total. The standard InChI is InChI=1S/C25H29BrN2O3/c1-3-30-21-14-18(13-20(26)23(21)31-16-17-9-5-4-6-10-17)15-27-28-24(29)22-19-11-7-8-12-25(19,22)2/h4-6,9-10,13-15,19,22H,3,7-8,11-12,16H2,1-2H3,(H,28,29)/b27-15-/t19-,22+,25-/m1/s1. The first-order valence-corrected chi connectivity index (χ1v) is 11.8. The Bertz CT molecular complexity index is 963. The van der Waals surface area contributed by atoms with Gasteiger partial charge in [0.15, 0.2) is 11.5 Å². The summed E-state index contributed by atoms with van der Waals surface area (Å²) in [6.07, 6.45) is 6.43. The molecule has 2 fully saturated rings. The summed E-state index contributed by atoms with van der Waals surface area (Å²) in [6.45, 7) is 5.15. The van der Waals surface area contributed by atoms with E-state index in [2.05, 4.69) is 33.4 Å². The lowest BCUT2D eigenvalue weighted by Crippen LogP contribution is -2.22. The molecule has 0 unspecified atom stereocenters. The molecular formula is C25H29BrN2O3. The Morgan fingerprint density at radius 1 is 1.26 bits per heavy atom. The highest BCUT2D eigenvalue weighted by Crippen LogP contribution is 2.66. The number of halogens is 1. The molecule has 2 aromatic carbocycles. The highest BCUT2D eigenvalue weighted by atomic mass is 79.9. The van der Waals surface area contributed by atoms with E-state index < -0.39 is 0 Å². The zero-order valence-corrected chi connectivity index (χ0v) is 19.7. The van der Waals surface area contributed by atoms with Gasteiger partial charge in [0.2, 0.25) is 5.91 Å². The Hall–Kier alpha value is -2.34. The third-order valence-electron chi connectivity index (χ3n) is 6.56. The van der Waals surface area contributed by atoms with Crippen molar-refractivity contribution in [3.63, 3.8) is 0 Å². The maximum Gasteiger partial charge on any atom is 0.244 e. The summed E-state index contributed by atoms with van der Waals surface area (Å²) in [5.74, 6) is 1.96. The monoisotopic (exact) mass is 484 g/mol. The third-order valence-corrected chi connectivity index (χ3v) is 7.15. The van der Waals surface area contributed by atoms with Crippen LogP contribution in [0.1, 0.15) is 50.7 Å². The molecule has 31 heavy (non-hydrogen) atoms. The lowest BCUT2D eigenvalue weighted by Gasteiger charge is -2.15. The summed E-state index contributed by atoms with van der Waals surface area (Å²) in [4.78, 5) is 12.6. The molecule has 4 rings (SSSR count). The maximum atomic E-state index is 12.6. The molecule has 2 aliphatic carbocycles. The van der Waals surface area contributed by atoms with Crippen LogP contribution in [0.5, 0.6) is 11.5 Å². The van der Waals surface area contributed by atoms with Crippen LogP contribution in [0.15, 0.2) is 52.0 Å². The highest BCUT2D eigenvalue weighted by molar-refractivity contribution is 9.10. The number of nitrogens with zero attached hydrogens (tertiary/aromatic N) is 1. The second-order valence-corrected chi connectivity index (χ2v) is 9.46. The van der Waals surface area contributed by atoms with Gasteiger partial charge in [-0.15, -0.1) is 0 Å². The summed E-state index contributed by atoms with van der Waals surface area (Å²) < 4.78 is 12.6. The fraction of sp³-hybridized carbons (Fsp3) is 0.440. The van der Waals surface area contributed by atoms with Crippen molar-refractivity contribution in [2.45, 2.75) is 46.1 Å². The van der Waals surface area contributed by atoms with Gasteiger partial charge in [0.25, 0.3) is 0 Å². The van der Waals surface area contributed by atoms with Crippen LogP contribution in [0.2, 0.25) is 0 Å². The van der Waals surface area contributed by atoms with E-state index in [1.54, 1.807) is 6.21 Å². The largest absolute Gasteiger partial charge is 0.490 e. The number of nitrogens with one attached hydrogen (secondary N) is 1. The fourth-order valence-corrected chi connectivity index (χ4v) is 5.46. The van der Waals surface area contributed by atoms with E-state index in [0.29, 0.717) is 30.6 Å². The zero-order chi connectivity index (χ0) is 21.8. The third kappa shape index (κ3) is 4.79. The predicted molar refractivity (Wildman–Crippen MR) is 125 cm³/mol. The van der Waals surface area contributed by atoms with Crippen LogP contribution in [-0.2, 0) is 11.4 Å². The van der Waals surface area contributed by atoms with Crippen molar-refractivity contribution in [2.24, 2.45) is 22.4 Å². The smallest absolute Gasteiger partial charge is 0.244 e. The van der Waals surface area contributed by atoms with Crippen molar-refractivity contribution in [2.75, 3.05) is 6.61 Å². The van der Waals surface area contributed by atoms with Crippen molar-refractivity contribution in [3.05, 3.63) is 58.1 Å². The molecule has 2 aliphatic rings. The maximum absolute atomic E-state index is 12.6. The van der Waals surface area contributed by atoms with E-state index in [0.717, 1.165) is 28.4 Å². The van der Waals surface area contributed by atoms with E-state index in [9.17, 15) is 4.79 Å². The van der Waals surface area contributed by atoms with Crippen molar-refractivity contribution >= 4 is 28.1 Å². The minimum atomic E-state index is 0.0394. The van der Waals surface area contributed by atoms with Crippen LogP contribution in [0.25, 0.3) is 0 Å². The molecule has 0 aliphatic heterocycles. The van der Waals surface area contributed by atoms with Gasteiger partial charge in [-0.05, 0) is 70.3 Å². The summed E-state index contributed by atoms with van der Waals surface area (Å²) in [5.41, 5.74) is 4.84. The van der Waals surface area contributed by atoms with Gasteiger partial charge in [-0.25, -0.2) is 5.43 Å². The van der Waals surface area contributed by atoms with Crippen LogP contribution in [0.4, 0.5) is 0 Å². The van der Waals surface area contributed by atoms with Gasteiger partial charge in [-0.1, -0.05) is 50.1 Å². The van der Waals surface area contributed by atoms with Crippen molar-refractivity contribution in [1.82, 2.24) is 5.43 Å². The van der Waals surface area contributed by atoms with Gasteiger partial charge < -0.3 is 9.47 Å². The van der Waals surface area contributed by atoms with Crippen LogP contribution in [0, 0.1) is 17.3 Å². The number of amides is 1. The molecule has 0 saturated heterocycles. The Labute approximate surface area is 192 Å². The Balaban J connectivity index is 1.41.